The summed E-state index contributed by atoms with van der Waals surface area (Å²) in [5.41, 5.74) is 6.42. The molecule has 3 rings (SSSR count). The lowest BCUT2D eigenvalue weighted by Gasteiger charge is -2.18. The van der Waals surface area contributed by atoms with Gasteiger partial charge in [-0.05, 0) is 49.8 Å². The Balaban J connectivity index is 1.99. The molecule has 2 amide bonds. The third-order valence-electron chi connectivity index (χ3n) is 4.50. The van der Waals surface area contributed by atoms with E-state index in [1.807, 2.05) is 0 Å². The summed E-state index contributed by atoms with van der Waals surface area (Å²) >= 11 is 5.96. The SMILES string of the molecule is N[C@@H](Cc1cc(N2C(=O)C3=C(CCCC3)C2=O)c(F)cc1Cl)C(=O)O. The Bertz CT molecular complexity index is 793. The molecule has 0 saturated heterocycles. The number of hydrogen-bond acceptors (Lipinski definition) is 4. The van der Waals surface area contributed by atoms with E-state index in [4.69, 9.17) is 22.4 Å². The van der Waals surface area contributed by atoms with Crippen molar-refractivity contribution in [2.45, 2.75) is 38.1 Å². The first-order valence-corrected chi connectivity index (χ1v) is 8.26. The Morgan fingerprint density at radius 2 is 1.80 bits per heavy atom. The summed E-state index contributed by atoms with van der Waals surface area (Å²) in [6, 6.07) is 0.972. The van der Waals surface area contributed by atoms with Gasteiger partial charge in [-0.25, -0.2) is 9.29 Å². The fraction of sp³-hybridized carbons (Fsp3) is 0.353. The van der Waals surface area contributed by atoms with Gasteiger partial charge < -0.3 is 10.8 Å². The van der Waals surface area contributed by atoms with E-state index in [1.165, 1.54) is 6.07 Å². The van der Waals surface area contributed by atoms with Crippen molar-refractivity contribution in [3.8, 4) is 0 Å². The van der Waals surface area contributed by atoms with Crippen molar-refractivity contribution in [3.05, 3.63) is 39.7 Å². The number of nitrogens with two attached hydrogens (primary N) is 1. The Kier molecular flexibility index (Phi) is 4.62. The molecule has 2 aliphatic rings. The largest absolute Gasteiger partial charge is 0.480 e. The number of imide groups is 1. The molecule has 1 aliphatic heterocycles. The number of halogens is 2. The van der Waals surface area contributed by atoms with Crippen molar-refractivity contribution in [2.24, 2.45) is 5.73 Å². The molecule has 132 valence electrons. The predicted octanol–water partition coefficient (Wildman–Crippen LogP) is 2.18. The van der Waals surface area contributed by atoms with Crippen LogP contribution in [0.1, 0.15) is 31.2 Å². The zero-order valence-electron chi connectivity index (χ0n) is 13.2. The van der Waals surface area contributed by atoms with E-state index in [0.29, 0.717) is 24.0 Å². The van der Waals surface area contributed by atoms with E-state index in [1.54, 1.807) is 0 Å². The van der Waals surface area contributed by atoms with Crippen LogP contribution in [0, 0.1) is 5.82 Å². The predicted molar refractivity (Wildman–Crippen MR) is 88.7 cm³/mol. The lowest BCUT2D eigenvalue weighted by atomic mass is 9.93. The van der Waals surface area contributed by atoms with Crippen LogP contribution in [0.2, 0.25) is 5.02 Å². The number of hydrogen-bond donors (Lipinski definition) is 2. The number of carbonyl (C=O) groups is 3. The van der Waals surface area contributed by atoms with Gasteiger partial charge in [0.1, 0.15) is 11.9 Å². The Labute approximate surface area is 148 Å². The topological polar surface area (TPSA) is 101 Å². The molecular formula is C17H16ClFN2O4. The minimum Gasteiger partial charge on any atom is -0.480 e. The monoisotopic (exact) mass is 366 g/mol. The average molecular weight is 367 g/mol. The number of benzene rings is 1. The molecule has 6 nitrogen and oxygen atoms in total. The van der Waals surface area contributed by atoms with Gasteiger partial charge in [-0.2, -0.15) is 0 Å². The number of carbonyl (C=O) groups excluding carboxylic acids is 2. The van der Waals surface area contributed by atoms with Crippen molar-refractivity contribution in [1.82, 2.24) is 0 Å². The van der Waals surface area contributed by atoms with Crippen LogP contribution in [-0.2, 0) is 20.8 Å². The van der Waals surface area contributed by atoms with E-state index in [9.17, 15) is 18.8 Å². The highest BCUT2D eigenvalue weighted by molar-refractivity contribution is 6.34. The van der Waals surface area contributed by atoms with Crippen LogP contribution < -0.4 is 10.6 Å². The first-order chi connectivity index (χ1) is 11.8. The van der Waals surface area contributed by atoms with Gasteiger partial charge in [0.2, 0.25) is 0 Å². The zero-order chi connectivity index (χ0) is 18.3. The number of carboxylic acid groups (broad SMARTS) is 1. The number of amides is 2. The molecule has 0 aromatic heterocycles. The molecule has 0 radical (unpaired) electrons. The highest BCUT2D eigenvalue weighted by atomic mass is 35.5. The van der Waals surface area contributed by atoms with Crippen molar-refractivity contribution in [1.29, 1.82) is 0 Å². The normalized spacial score (nSPS) is 18.6. The van der Waals surface area contributed by atoms with Gasteiger partial charge in [0, 0.05) is 16.2 Å². The van der Waals surface area contributed by atoms with Gasteiger partial charge in [0.15, 0.2) is 0 Å². The Morgan fingerprint density at radius 1 is 1.24 bits per heavy atom. The Hall–Kier alpha value is -2.25. The second-order valence-corrected chi connectivity index (χ2v) is 6.56. The van der Waals surface area contributed by atoms with E-state index >= 15 is 0 Å². The van der Waals surface area contributed by atoms with Gasteiger partial charge in [0.05, 0.1) is 5.69 Å². The van der Waals surface area contributed by atoms with E-state index in [0.717, 1.165) is 23.8 Å². The lowest BCUT2D eigenvalue weighted by Crippen LogP contribution is -2.34. The standard InChI is InChI=1S/C17H16ClFN2O4/c18-11-7-12(19)14(6-8(11)5-13(20)17(24)25)21-15(22)9-3-1-2-4-10(9)16(21)23/h6-7,13H,1-5,20H2,(H,24,25)/t13-/m0/s1. The van der Waals surface area contributed by atoms with Crippen LogP contribution in [0.3, 0.4) is 0 Å². The van der Waals surface area contributed by atoms with Crippen LogP contribution >= 0.6 is 11.6 Å². The van der Waals surface area contributed by atoms with Crippen LogP contribution in [-0.4, -0.2) is 28.9 Å². The molecular weight excluding hydrogens is 351 g/mol. The summed E-state index contributed by atoms with van der Waals surface area (Å²) in [7, 11) is 0. The number of anilines is 1. The highest BCUT2D eigenvalue weighted by Crippen LogP contribution is 2.37. The molecule has 1 atom stereocenters. The summed E-state index contributed by atoms with van der Waals surface area (Å²) in [6.45, 7) is 0. The maximum Gasteiger partial charge on any atom is 0.320 e. The average Bonchev–Trinajstić information content (AvgIpc) is 2.82. The third-order valence-corrected chi connectivity index (χ3v) is 4.86. The third kappa shape index (κ3) is 3.05. The van der Waals surface area contributed by atoms with Crippen LogP contribution in [0.15, 0.2) is 23.3 Å². The molecule has 8 heteroatoms. The van der Waals surface area contributed by atoms with Gasteiger partial charge in [-0.3, -0.25) is 14.4 Å². The van der Waals surface area contributed by atoms with Crippen molar-refractivity contribution < 1.29 is 23.9 Å². The van der Waals surface area contributed by atoms with E-state index in [-0.39, 0.29) is 22.7 Å². The highest BCUT2D eigenvalue weighted by Gasteiger charge is 2.41. The van der Waals surface area contributed by atoms with Crippen molar-refractivity contribution in [3.63, 3.8) is 0 Å². The van der Waals surface area contributed by atoms with Crippen LogP contribution in [0.4, 0.5) is 10.1 Å². The molecule has 1 aromatic rings. The molecule has 0 unspecified atom stereocenters. The summed E-state index contributed by atoms with van der Waals surface area (Å²) in [4.78, 5) is 36.9. The summed E-state index contributed by atoms with van der Waals surface area (Å²) in [5.74, 6) is -3.09. The molecule has 0 saturated carbocycles. The fourth-order valence-electron chi connectivity index (χ4n) is 3.19. The number of carboxylic acids is 1. The molecule has 0 fully saturated rings. The first kappa shape index (κ1) is 17.6. The van der Waals surface area contributed by atoms with E-state index in [2.05, 4.69) is 0 Å². The van der Waals surface area contributed by atoms with E-state index < -0.39 is 29.6 Å². The molecule has 1 aliphatic carbocycles. The maximum absolute atomic E-state index is 14.4. The molecule has 3 N–H and O–H groups in total. The summed E-state index contributed by atoms with van der Waals surface area (Å²) in [5, 5.41) is 8.92. The molecule has 1 aromatic carbocycles. The number of rotatable bonds is 4. The van der Waals surface area contributed by atoms with Gasteiger partial charge in [0.25, 0.3) is 11.8 Å². The minimum atomic E-state index is -1.23. The summed E-state index contributed by atoms with van der Waals surface area (Å²) in [6.07, 6.45) is 2.48. The number of aliphatic carboxylic acids is 1. The minimum absolute atomic E-state index is 0.00484. The summed E-state index contributed by atoms with van der Waals surface area (Å²) < 4.78 is 14.4. The van der Waals surface area contributed by atoms with Gasteiger partial charge in [-0.1, -0.05) is 11.6 Å². The van der Waals surface area contributed by atoms with Crippen LogP contribution in [0.25, 0.3) is 0 Å². The van der Waals surface area contributed by atoms with Crippen molar-refractivity contribution in [2.75, 3.05) is 4.90 Å². The quantitative estimate of drug-likeness (QED) is 0.795. The smallest absolute Gasteiger partial charge is 0.320 e. The van der Waals surface area contributed by atoms with Gasteiger partial charge >= 0.3 is 5.97 Å². The Morgan fingerprint density at radius 3 is 2.32 bits per heavy atom. The molecule has 0 spiro atoms. The second-order valence-electron chi connectivity index (χ2n) is 6.15. The lowest BCUT2D eigenvalue weighted by molar-refractivity contribution is -0.138. The maximum atomic E-state index is 14.4. The van der Waals surface area contributed by atoms with Crippen LogP contribution in [0.5, 0.6) is 0 Å². The first-order valence-electron chi connectivity index (χ1n) is 7.88. The number of nitrogens with zero attached hydrogens (tertiary/aromatic N) is 1. The molecule has 0 bridgehead atoms. The second kappa shape index (κ2) is 6.57. The zero-order valence-corrected chi connectivity index (χ0v) is 14.0. The van der Waals surface area contributed by atoms with Crippen molar-refractivity contribution >= 4 is 35.1 Å². The molecule has 1 heterocycles. The fourth-order valence-corrected chi connectivity index (χ4v) is 3.42. The molecule has 25 heavy (non-hydrogen) atoms. The van der Waals surface area contributed by atoms with Gasteiger partial charge in [-0.15, -0.1) is 0 Å².